The van der Waals surface area contributed by atoms with Crippen LogP contribution in [0.2, 0.25) is 0 Å². The summed E-state index contributed by atoms with van der Waals surface area (Å²) in [6.07, 6.45) is 1.82. The Kier molecular flexibility index (Phi) is 9.14. The number of carbonyl (C=O) groups is 2. The van der Waals surface area contributed by atoms with Gasteiger partial charge in [-0.15, -0.1) is 0 Å². The summed E-state index contributed by atoms with van der Waals surface area (Å²) in [7, 11) is 5.95. The molecule has 218 valence electrons. The first-order valence-electron chi connectivity index (χ1n) is 14.7. The molecule has 0 aromatic heterocycles. The predicted octanol–water partition coefficient (Wildman–Crippen LogP) is 1.95. The highest BCUT2D eigenvalue weighted by atomic mass is 16.7. The first-order chi connectivity index (χ1) is 17.8. The maximum absolute atomic E-state index is 13.5. The van der Waals surface area contributed by atoms with Crippen molar-refractivity contribution < 1.29 is 29.3 Å². The third-order valence-electron chi connectivity index (χ3n) is 9.77. The summed E-state index contributed by atoms with van der Waals surface area (Å²) < 4.78 is 12.9. The Balaban J connectivity index is 1.68. The van der Waals surface area contributed by atoms with Crippen LogP contribution in [0.3, 0.4) is 0 Å². The van der Waals surface area contributed by atoms with E-state index < -0.39 is 35.9 Å². The summed E-state index contributed by atoms with van der Waals surface area (Å²) in [6, 6.07) is 0.192. The quantitative estimate of drug-likeness (QED) is 0.527. The molecular weight excluding hydrogens is 486 g/mol. The van der Waals surface area contributed by atoms with E-state index in [1.807, 2.05) is 25.8 Å². The number of fused-ring (bicyclic) bond motifs is 4. The Morgan fingerprint density at radius 2 is 1.76 bits per heavy atom. The smallest absolute Gasteiger partial charge is 0.228 e. The molecule has 0 saturated carbocycles. The van der Waals surface area contributed by atoms with E-state index in [4.69, 9.17) is 9.47 Å². The van der Waals surface area contributed by atoms with Gasteiger partial charge in [0, 0.05) is 51.0 Å². The average Bonchev–Trinajstić information content (AvgIpc) is 2.85. The van der Waals surface area contributed by atoms with Gasteiger partial charge in [0.05, 0.1) is 29.8 Å². The molecule has 4 heterocycles. The number of amides is 2. The van der Waals surface area contributed by atoms with E-state index in [9.17, 15) is 19.8 Å². The second-order valence-corrected chi connectivity index (χ2v) is 13.3. The third kappa shape index (κ3) is 6.07. The molecule has 9 heteroatoms. The fourth-order valence-electron chi connectivity index (χ4n) is 7.79. The van der Waals surface area contributed by atoms with E-state index in [0.717, 1.165) is 19.3 Å². The van der Waals surface area contributed by atoms with Gasteiger partial charge in [-0.1, -0.05) is 20.8 Å². The van der Waals surface area contributed by atoms with E-state index in [1.54, 1.807) is 11.8 Å². The Morgan fingerprint density at radius 1 is 1.05 bits per heavy atom. The molecule has 4 saturated heterocycles. The lowest BCUT2D eigenvalue weighted by Gasteiger charge is -2.55. The van der Waals surface area contributed by atoms with E-state index in [0.29, 0.717) is 38.9 Å². The lowest BCUT2D eigenvalue weighted by atomic mass is 9.69. The second-order valence-electron chi connectivity index (χ2n) is 13.3. The lowest BCUT2D eigenvalue weighted by Crippen LogP contribution is -2.64. The fourth-order valence-corrected chi connectivity index (χ4v) is 7.79. The van der Waals surface area contributed by atoms with Crippen LogP contribution in [0.4, 0.5) is 0 Å². The van der Waals surface area contributed by atoms with Crippen molar-refractivity contribution in [3.8, 4) is 0 Å². The predicted molar refractivity (Wildman–Crippen MR) is 144 cm³/mol. The molecule has 11 atom stereocenters. The Hall–Kier alpha value is -1.26. The second kappa shape index (κ2) is 11.7. The molecule has 4 aliphatic heterocycles. The average molecular weight is 538 g/mol. The highest BCUT2D eigenvalue weighted by Crippen LogP contribution is 2.46. The van der Waals surface area contributed by atoms with Gasteiger partial charge in [0.1, 0.15) is 0 Å². The van der Waals surface area contributed by atoms with Crippen molar-refractivity contribution in [2.45, 2.75) is 102 Å². The standard InChI is InChI=1S/C29H51N3O6/c1-17-13-29(36)14-22-23(30(5)6)11-18(2)37-28(22)38-26(29)19(3)25(34)20(4)27(35)32-10-8-9-21(16-32)12-24(33)31(7)15-17/h17-23,25-26,28,34,36H,8-16H2,1-7H3/t17-,18-,19+,20-,21?,22-,23+,25+,26-,28+,29+/m1/s1. The molecule has 0 radical (unpaired) electrons. The van der Waals surface area contributed by atoms with Crippen molar-refractivity contribution in [3.05, 3.63) is 0 Å². The Labute approximate surface area is 228 Å². The van der Waals surface area contributed by atoms with Crippen LogP contribution >= 0.6 is 0 Å². The van der Waals surface area contributed by atoms with Crippen LogP contribution in [0.15, 0.2) is 0 Å². The molecule has 4 rings (SSSR count). The van der Waals surface area contributed by atoms with Gasteiger partial charge < -0.3 is 34.4 Å². The minimum Gasteiger partial charge on any atom is -0.392 e. The molecule has 0 spiro atoms. The van der Waals surface area contributed by atoms with Crippen LogP contribution < -0.4 is 0 Å². The molecule has 2 N–H and O–H groups in total. The summed E-state index contributed by atoms with van der Waals surface area (Å²) in [5.74, 6) is -1.01. The van der Waals surface area contributed by atoms with Gasteiger partial charge in [0.2, 0.25) is 11.8 Å². The summed E-state index contributed by atoms with van der Waals surface area (Å²) in [6.45, 7) is 9.51. The number of hydrogen-bond donors (Lipinski definition) is 2. The highest BCUT2D eigenvalue weighted by molar-refractivity contribution is 5.79. The van der Waals surface area contributed by atoms with Crippen molar-refractivity contribution in [1.29, 1.82) is 0 Å². The number of ether oxygens (including phenoxy) is 2. The number of carbonyl (C=O) groups excluding carboxylic acids is 2. The fraction of sp³-hybridized carbons (Fsp3) is 0.931. The monoisotopic (exact) mass is 537 g/mol. The molecule has 0 aliphatic carbocycles. The summed E-state index contributed by atoms with van der Waals surface area (Å²) in [5.41, 5.74) is -1.23. The van der Waals surface area contributed by atoms with Crippen LogP contribution in [-0.4, -0.2) is 114 Å². The molecule has 0 aromatic carbocycles. The van der Waals surface area contributed by atoms with Crippen molar-refractivity contribution in [2.24, 2.45) is 29.6 Å². The SMILES string of the molecule is C[C@H]1CN(C)C(=O)CC2CCCN(C2)C(=O)[C@H](C)[C@@H](O)[C@H](C)[C@H]2O[C@@H]3O[C@H](C)C[C@H](N(C)C)[C@H]3C[C@@]2(O)C1. The molecule has 0 aromatic rings. The van der Waals surface area contributed by atoms with Crippen LogP contribution in [0.5, 0.6) is 0 Å². The first kappa shape index (κ1) is 29.7. The van der Waals surface area contributed by atoms with Gasteiger partial charge in [0.25, 0.3) is 0 Å². The highest BCUT2D eigenvalue weighted by Gasteiger charge is 2.56. The number of hydrogen-bond acceptors (Lipinski definition) is 7. The minimum absolute atomic E-state index is 0.0171. The Morgan fingerprint density at radius 3 is 2.45 bits per heavy atom. The van der Waals surface area contributed by atoms with Crippen LogP contribution in [-0.2, 0) is 19.1 Å². The van der Waals surface area contributed by atoms with Crippen molar-refractivity contribution in [3.63, 3.8) is 0 Å². The first-order valence-corrected chi connectivity index (χ1v) is 14.7. The zero-order chi connectivity index (χ0) is 27.9. The third-order valence-corrected chi connectivity index (χ3v) is 9.77. The van der Waals surface area contributed by atoms with Gasteiger partial charge in [0.15, 0.2) is 6.29 Å². The molecule has 2 bridgehead atoms. The Bertz CT molecular complexity index is 856. The van der Waals surface area contributed by atoms with Crippen LogP contribution in [0.1, 0.15) is 66.2 Å². The maximum Gasteiger partial charge on any atom is 0.228 e. The molecule has 9 nitrogen and oxygen atoms in total. The summed E-state index contributed by atoms with van der Waals surface area (Å²) in [4.78, 5) is 32.4. The molecular formula is C29H51N3O6. The minimum atomic E-state index is -1.23. The number of aliphatic hydroxyl groups is 2. The molecule has 2 amide bonds. The van der Waals surface area contributed by atoms with Crippen molar-refractivity contribution >= 4 is 11.8 Å². The normalized spacial score (nSPS) is 45.7. The van der Waals surface area contributed by atoms with E-state index >= 15 is 0 Å². The number of aliphatic hydroxyl groups excluding tert-OH is 1. The van der Waals surface area contributed by atoms with Crippen LogP contribution in [0.25, 0.3) is 0 Å². The lowest BCUT2D eigenvalue weighted by molar-refractivity contribution is -0.328. The molecule has 4 fully saturated rings. The van der Waals surface area contributed by atoms with Gasteiger partial charge in [-0.25, -0.2) is 0 Å². The van der Waals surface area contributed by atoms with Gasteiger partial charge in [-0.3, -0.25) is 9.59 Å². The van der Waals surface area contributed by atoms with E-state index in [-0.39, 0.29) is 41.7 Å². The largest absolute Gasteiger partial charge is 0.392 e. The van der Waals surface area contributed by atoms with Crippen LogP contribution in [0, 0.1) is 29.6 Å². The van der Waals surface area contributed by atoms with E-state index in [2.05, 4.69) is 25.9 Å². The van der Waals surface area contributed by atoms with E-state index in [1.165, 1.54) is 0 Å². The zero-order valence-electron chi connectivity index (χ0n) is 24.5. The van der Waals surface area contributed by atoms with Gasteiger partial charge >= 0.3 is 0 Å². The van der Waals surface area contributed by atoms with Gasteiger partial charge in [-0.2, -0.15) is 0 Å². The summed E-state index contributed by atoms with van der Waals surface area (Å²) >= 11 is 0. The summed E-state index contributed by atoms with van der Waals surface area (Å²) in [5, 5.41) is 23.9. The van der Waals surface area contributed by atoms with Crippen molar-refractivity contribution in [2.75, 3.05) is 40.8 Å². The number of piperidine rings is 1. The van der Waals surface area contributed by atoms with Crippen molar-refractivity contribution in [1.82, 2.24) is 14.7 Å². The maximum atomic E-state index is 13.5. The number of rotatable bonds is 1. The molecule has 1 unspecified atom stereocenters. The molecule has 4 aliphatic rings. The zero-order valence-corrected chi connectivity index (χ0v) is 24.5. The topological polar surface area (TPSA) is 103 Å². The van der Waals surface area contributed by atoms with Gasteiger partial charge in [-0.05, 0) is 65.0 Å². The molecule has 38 heavy (non-hydrogen) atoms. The number of nitrogens with zero attached hydrogens (tertiary/aromatic N) is 3.